The number of nitriles is 1. The highest BCUT2D eigenvalue weighted by atomic mass is 16.6. The Labute approximate surface area is 155 Å². The average Bonchev–Trinajstić information content (AvgIpc) is 3.33. The first kappa shape index (κ1) is 17.1. The van der Waals surface area contributed by atoms with Gasteiger partial charge in [-0.3, -0.25) is 9.69 Å². The summed E-state index contributed by atoms with van der Waals surface area (Å²) in [5.41, 5.74) is 6.69. The Hall–Kier alpha value is -3.34. The molecular formula is C19H19N5O3. The van der Waals surface area contributed by atoms with Crippen molar-refractivity contribution in [3.05, 3.63) is 24.4 Å². The van der Waals surface area contributed by atoms with E-state index >= 15 is 0 Å². The van der Waals surface area contributed by atoms with E-state index in [-0.39, 0.29) is 17.7 Å². The molecule has 0 unspecified atom stereocenters. The van der Waals surface area contributed by atoms with E-state index in [0.717, 1.165) is 10.8 Å². The van der Waals surface area contributed by atoms with E-state index in [9.17, 15) is 9.59 Å². The molecule has 0 spiro atoms. The van der Waals surface area contributed by atoms with Gasteiger partial charge in [-0.1, -0.05) is 0 Å². The largest absolute Gasteiger partial charge is 0.441 e. The van der Waals surface area contributed by atoms with Gasteiger partial charge in [0.15, 0.2) is 0 Å². The van der Waals surface area contributed by atoms with Crippen LogP contribution in [0, 0.1) is 23.2 Å². The summed E-state index contributed by atoms with van der Waals surface area (Å²) < 4.78 is 5.35. The van der Waals surface area contributed by atoms with Crippen molar-refractivity contribution in [2.24, 2.45) is 11.8 Å². The molecule has 1 aliphatic heterocycles. The van der Waals surface area contributed by atoms with Crippen LogP contribution in [0.2, 0.25) is 0 Å². The van der Waals surface area contributed by atoms with Crippen molar-refractivity contribution >= 4 is 40.0 Å². The second kappa shape index (κ2) is 5.84. The summed E-state index contributed by atoms with van der Waals surface area (Å²) in [4.78, 5) is 30.1. The lowest BCUT2D eigenvalue weighted by atomic mass is 10.1. The lowest BCUT2D eigenvalue weighted by molar-refractivity contribution is -0.117. The van der Waals surface area contributed by atoms with Crippen LogP contribution < -0.4 is 16.0 Å². The smallest absolute Gasteiger partial charge is 0.415 e. The van der Waals surface area contributed by atoms with Crippen LogP contribution in [0.25, 0.3) is 10.8 Å². The standard InChI is InChI=1S/C19H19N5O3/c1-19(2)9-24(18(26)27-19)12-3-10-5-16(22-8-14(10)15(21)6-12)23-17(25)13-4-11(13)7-20/h3,5-6,8,11,13H,4,9,21H2,1-2H3,(H,22,23,25)/t11-,13+/m0/s1. The Morgan fingerprint density at radius 2 is 2.22 bits per heavy atom. The molecule has 27 heavy (non-hydrogen) atoms. The number of amides is 2. The zero-order valence-electron chi connectivity index (χ0n) is 15.0. The lowest BCUT2D eigenvalue weighted by Crippen LogP contribution is -2.28. The van der Waals surface area contributed by atoms with E-state index in [4.69, 9.17) is 15.7 Å². The minimum Gasteiger partial charge on any atom is -0.441 e. The van der Waals surface area contributed by atoms with Gasteiger partial charge in [-0.15, -0.1) is 0 Å². The Bertz CT molecular complexity index is 1010. The number of nitrogens with zero attached hydrogens (tertiary/aromatic N) is 3. The highest BCUT2D eigenvalue weighted by Gasteiger charge is 2.43. The number of cyclic esters (lactones) is 1. The first-order chi connectivity index (χ1) is 12.8. The summed E-state index contributed by atoms with van der Waals surface area (Å²) in [5.74, 6) is -0.304. The van der Waals surface area contributed by atoms with Gasteiger partial charge in [-0.2, -0.15) is 5.26 Å². The third-order valence-electron chi connectivity index (χ3n) is 4.83. The summed E-state index contributed by atoms with van der Waals surface area (Å²) >= 11 is 0. The molecule has 2 amide bonds. The van der Waals surface area contributed by atoms with E-state index in [1.807, 2.05) is 19.9 Å². The van der Waals surface area contributed by atoms with Crippen LogP contribution in [-0.2, 0) is 9.53 Å². The molecule has 138 valence electrons. The van der Waals surface area contributed by atoms with Crippen molar-refractivity contribution in [2.75, 3.05) is 22.5 Å². The molecule has 2 aromatic rings. The Morgan fingerprint density at radius 1 is 1.44 bits per heavy atom. The maximum Gasteiger partial charge on any atom is 0.415 e. The number of nitrogens with two attached hydrogens (primary N) is 1. The van der Waals surface area contributed by atoms with Crippen LogP contribution >= 0.6 is 0 Å². The van der Waals surface area contributed by atoms with Gasteiger partial charge in [0.1, 0.15) is 11.4 Å². The van der Waals surface area contributed by atoms with Crippen LogP contribution in [0.3, 0.4) is 0 Å². The first-order valence-electron chi connectivity index (χ1n) is 8.68. The van der Waals surface area contributed by atoms with Crippen LogP contribution in [-0.4, -0.2) is 29.1 Å². The third-order valence-corrected chi connectivity index (χ3v) is 4.83. The van der Waals surface area contributed by atoms with Gasteiger partial charge in [0, 0.05) is 23.0 Å². The summed E-state index contributed by atoms with van der Waals surface area (Å²) in [6.45, 7) is 4.11. The normalized spacial score (nSPS) is 23.0. The third kappa shape index (κ3) is 3.12. The van der Waals surface area contributed by atoms with E-state index in [2.05, 4.69) is 16.4 Å². The highest BCUT2D eigenvalue weighted by Crippen LogP contribution is 2.39. The maximum absolute atomic E-state index is 12.2. The second-order valence-electron chi connectivity index (χ2n) is 7.61. The molecule has 8 heteroatoms. The van der Waals surface area contributed by atoms with Crippen molar-refractivity contribution in [1.29, 1.82) is 5.26 Å². The van der Waals surface area contributed by atoms with E-state index in [0.29, 0.717) is 30.2 Å². The van der Waals surface area contributed by atoms with Gasteiger partial charge < -0.3 is 15.8 Å². The van der Waals surface area contributed by atoms with Gasteiger partial charge in [0.25, 0.3) is 0 Å². The number of nitrogens with one attached hydrogen (secondary N) is 1. The molecule has 0 radical (unpaired) electrons. The Morgan fingerprint density at radius 3 is 2.85 bits per heavy atom. The zero-order chi connectivity index (χ0) is 19.3. The molecule has 1 aromatic heterocycles. The number of aromatic nitrogens is 1. The van der Waals surface area contributed by atoms with Gasteiger partial charge >= 0.3 is 6.09 Å². The van der Waals surface area contributed by atoms with Crippen molar-refractivity contribution in [3.63, 3.8) is 0 Å². The predicted molar refractivity (Wildman–Crippen MR) is 99.9 cm³/mol. The van der Waals surface area contributed by atoms with Crippen molar-refractivity contribution < 1.29 is 14.3 Å². The van der Waals surface area contributed by atoms with E-state index < -0.39 is 11.7 Å². The van der Waals surface area contributed by atoms with Gasteiger partial charge in [0.2, 0.25) is 5.91 Å². The number of pyridine rings is 1. The van der Waals surface area contributed by atoms with Crippen LogP contribution in [0.4, 0.5) is 22.0 Å². The van der Waals surface area contributed by atoms with Gasteiger partial charge in [-0.25, -0.2) is 9.78 Å². The molecule has 1 saturated heterocycles. The molecule has 2 fully saturated rings. The van der Waals surface area contributed by atoms with Crippen LogP contribution in [0.5, 0.6) is 0 Å². The van der Waals surface area contributed by atoms with Crippen molar-refractivity contribution in [2.45, 2.75) is 25.9 Å². The molecule has 2 aliphatic rings. The van der Waals surface area contributed by atoms with Crippen molar-refractivity contribution in [1.82, 2.24) is 4.98 Å². The van der Waals surface area contributed by atoms with E-state index in [1.165, 1.54) is 4.90 Å². The number of fused-ring (bicyclic) bond motifs is 1. The maximum atomic E-state index is 12.2. The van der Waals surface area contributed by atoms with Crippen molar-refractivity contribution in [3.8, 4) is 6.07 Å². The number of nitrogen functional groups attached to an aromatic ring is 1. The van der Waals surface area contributed by atoms with Gasteiger partial charge in [-0.05, 0) is 43.9 Å². The minimum absolute atomic E-state index is 0.206. The number of hydrogen-bond acceptors (Lipinski definition) is 6. The molecule has 1 aromatic carbocycles. The molecule has 2 atom stereocenters. The number of benzene rings is 1. The fourth-order valence-corrected chi connectivity index (χ4v) is 3.31. The molecular weight excluding hydrogens is 346 g/mol. The fourth-order valence-electron chi connectivity index (χ4n) is 3.31. The summed E-state index contributed by atoms with van der Waals surface area (Å²) in [7, 11) is 0. The first-order valence-corrected chi connectivity index (χ1v) is 8.68. The minimum atomic E-state index is -0.570. The Kier molecular flexibility index (Phi) is 3.70. The molecule has 1 saturated carbocycles. The predicted octanol–water partition coefficient (Wildman–Crippen LogP) is 2.65. The number of hydrogen-bond donors (Lipinski definition) is 2. The molecule has 8 nitrogen and oxygen atoms in total. The van der Waals surface area contributed by atoms with Crippen LogP contribution in [0.15, 0.2) is 24.4 Å². The number of rotatable bonds is 3. The SMILES string of the molecule is CC1(C)CN(c2cc(N)c3cnc(NC(=O)[C@@H]4C[C@H]4C#N)cc3c2)C(=O)O1. The van der Waals surface area contributed by atoms with Crippen LogP contribution in [0.1, 0.15) is 20.3 Å². The zero-order valence-corrected chi connectivity index (χ0v) is 15.0. The lowest BCUT2D eigenvalue weighted by Gasteiger charge is -2.17. The number of anilines is 3. The monoisotopic (exact) mass is 365 g/mol. The summed E-state index contributed by atoms with van der Waals surface area (Å²) in [6.07, 6.45) is 1.75. The Balaban J connectivity index is 1.64. The number of carbonyl (C=O) groups is 2. The average molecular weight is 365 g/mol. The van der Waals surface area contributed by atoms with E-state index in [1.54, 1.807) is 18.3 Å². The second-order valence-corrected chi connectivity index (χ2v) is 7.61. The summed E-state index contributed by atoms with van der Waals surface area (Å²) in [6, 6.07) is 7.34. The summed E-state index contributed by atoms with van der Waals surface area (Å²) in [5, 5.41) is 13.1. The molecule has 4 rings (SSSR count). The number of carbonyl (C=O) groups excluding carboxylic acids is 2. The molecule has 0 bridgehead atoms. The molecule has 3 N–H and O–H groups in total. The number of ether oxygens (including phenoxy) is 1. The van der Waals surface area contributed by atoms with Gasteiger partial charge in [0.05, 0.1) is 24.4 Å². The topological polar surface area (TPSA) is 121 Å². The quantitative estimate of drug-likeness (QED) is 0.807. The highest BCUT2D eigenvalue weighted by molar-refractivity contribution is 6.02. The molecule has 2 heterocycles. The molecule has 1 aliphatic carbocycles. The fraction of sp³-hybridized carbons (Fsp3) is 0.368.